The van der Waals surface area contributed by atoms with Crippen molar-refractivity contribution in [3.8, 4) is 0 Å². The van der Waals surface area contributed by atoms with Crippen LogP contribution >= 0.6 is 11.6 Å². The van der Waals surface area contributed by atoms with Crippen molar-refractivity contribution in [2.24, 2.45) is 17.8 Å². The summed E-state index contributed by atoms with van der Waals surface area (Å²) >= 11 is 5.66. The maximum atomic E-state index is 12.1. The molecule has 2 aliphatic carbocycles. The first-order valence-corrected chi connectivity index (χ1v) is 6.64. The third kappa shape index (κ3) is 2.47. The molecule has 2 nitrogen and oxygen atoms in total. The highest BCUT2D eigenvalue weighted by molar-refractivity contribution is 6.17. The van der Waals surface area contributed by atoms with Crippen LogP contribution in [0.15, 0.2) is 0 Å². The summed E-state index contributed by atoms with van der Waals surface area (Å²) in [6.45, 7) is 3.73. The topological polar surface area (TPSA) is 20.3 Å². The van der Waals surface area contributed by atoms with Gasteiger partial charge in [0, 0.05) is 24.9 Å². The van der Waals surface area contributed by atoms with Gasteiger partial charge in [0.15, 0.2) is 0 Å². The molecule has 0 aliphatic heterocycles. The number of alkyl halides is 1. The summed E-state index contributed by atoms with van der Waals surface area (Å²) in [6, 6.07) is 0. The van der Waals surface area contributed by atoms with Gasteiger partial charge in [-0.3, -0.25) is 4.79 Å². The molecule has 86 valence electrons. The van der Waals surface area contributed by atoms with Gasteiger partial charge in [-0.05, 0) is 44.4 Å². The lowest BCUT2D eigenvalue weighted by molar-refractivity contribution is -0.135. The number of rotatable bonds is 5. The van der Waals surface area contributed by atoms with Gasteiger partial charge in [0.25, 0.3) is 0 Å². The van der Waals surface area contributed by atoms with Crippen LogP contribution in [0.25, 0.3) is 0 Å². The number of nitrogens with zero attached hydrogens (tertiary/aromatic N) is 1. The van der Waals surface area contributed by atoms with Crippen molar-refractivity contribution < 1.29 is 4.79 Å². The number of carbonyl (C=O) groups is 1. The first-order valence-electron chi connectivity index (χ1n) is 6.11. The molecule has 0 aromatic carbocycles. The number of halogens is 1. The molecule has 0 radical (unpaired) electrons. The predicted molar refractivity (Wildman–Crippen MR) is 61.9 cm³/mol. The Labute approximate surface area is 97.0 Å². The summed E-state index contributed by atoms with van der Waals surface area (Å²) in [5, 5.41) is 0. The van der Waals surface area contributed by atoms with Crippen molar-refractivity contribution in [1.82, 2.24) is 4.90 Å². The van der Waals surface area contributed by atoms with Crippen LogP contribution in [0.5, 0.6) is 0 Å². The molecule has 15 heavy (non-hydrogen) atoms. The minimum Gasteiger partial charge on any atom is -0.343 e. The molecule has 0 aromatic rings. The predicted octanol–water partition coefficient (Wildman–Crippen LogP) is 2.51. The first-order chi connectivity index (χ1) is 7.26. The number of carbonyl (C=O) groups excluding carboxylic acids is 1. The molecule has 2 atom stereocenters. The lowest BCUT2D eigenvalue weighted by Crippen LogP contribution is -2.36. The average molecular weight is 230 g/mol. The summed E-state index contributed by atoms with van der Waals surface area (Å²) in [4.78, 5) is 14.1. The third-order valence-electron chi connectivity index (χ3n) is 3.85. The Morgan fingerprint density at radius 2 is 2.00 bits per heavy atom. The fourth-order valence-corrected chi connectivity index (χ4v) is 2.97. The average Bonchev–Trinajstić information content (AvgIpc) is 2.86. The van der Waals surface area contributed by atoms with E-state index in [1.807, 2.05) is 4.90 Å². The Morgan fingerprint density at radius 1 is 1.33 bits per heavy atom. The van der Waals surface area contributed by atoms with Crippen LogP contribution < -0.4 is 0 Å². The smallest absolute Gasteiger partial charge is 0.225 e. The second kappa shape index (κ2) is 4.73. The van der Waals surface area contributed by atoms with Crippen LogP contribution in [0.1, 0.15) is 32.6 Å². The molecule has 0 heterocycles. The van der Waals surface area contributed by atoms with E-state index in [-0.39, 0.29) is 0 Å². The Kier molecular flexibility index (Phi) is 3.55. The number of hydrogen-bond acceptors (Lipinski definition) is 1. The van der Waals surface area contributed by atoms with Gasteiger partial charge in [-0.15, -0.1) is 11.6 Å². The lowest BCUT2D eigenvalue weighted by Gasteiger charge is -2.24. The molecule has 0 bridgehead atoms. The van der Waals surface area contributed by atoms with Gasteiger partial charge in [0.05, 0.1) is 0 Å². The molecule has 3 heteroatoms. The maximum Gasteiger partial charge on any atom is 0.225 e. The normalized spacial score (nSPS) is 32.5. The van der Waals surface area contributed by atoms with Gasteiger partial charge < -0.3 is 4.90 Å². The van der Waals surface area contributed by atoms with E-state index in [9.17, 15) is 4.79 Å². The molecule has 0 saturated heterocycles. The fourth-order valence-electron chi connectivity index (χ4n) is 2.85. The molecule has 2 unspecified atom stereocenters. The Morgan fingerprint density at radius 3 is 2.53 bits per heavy atom. The van der Waals surface area contributed by atoms with Crippen molar-refractivity contribution in [3.05, 3.63) is 0 Å². The summed E-state index contributed by atoms with van der Waals surface area (Å²) in [6.07, 6.45) is 4.61. The highest BCUT2D eigenvalue weighted by atomic mass is 35.5. The molecule has 0 spiro atoms. The quantitative estimate of drug-likeness (QED) is 0.664. The van der Waals surface area contributed by atoms with Crippen LogP contribution in [-0.2, 0) is 4.79 Å². The van der Waals surface area contributed by atoms with Crippen molar-refractivity contribution >= 4 is 17.5 Å². The third-order valence-corrected chi connectivity index (χ3v) is 4.12. The molecule has 2 fully saturated rings. The van der Waals surface area contributed by atoms with Crippen LogP contribution in [0.4, 0.5) is 0 Å². The number of amides is 1. The standard InChI is InChI=1S/C12H20ClNO/c1-2-14(5-3-4-13)12(15)11-7-9-6-10(9)8-11/h9-11H,2-8H2,1H3. The second-order valence-corrected chi connectivity index (χ2v) is 5.26. The van der Waals surface area contributed by atoms with Gasteiger partial charge in [0.2, 0.25) is 5.91 Å². The van der Waals surface area contributed by atoms with Gasteiger partial charge >= 0.3 is 0 Å². The van der Waals surface area contributed by atoms with E-state index in [4.69, 9.17) is 11.6 Å². The van der Waals surface area contributed by atoms with Crippen molar-refractivity contribution in [2.45, 2.75) is 32.6 Å². The number of hydrogen-bond donors (Lipinski definition) is 0. The second-order valence-electron chi connectivity index (χ2n) is 4.88. The SMILES string of the molecule is CCN(CCCCl)C(=O)C1CC2CC2C1. The zero-order valence-electron chi connectivity index (χ0n) is 9.42. The zero-order chi connectivity index (χ0) is 10.8. The van der Waals surface area contributed by atoms with Crippen molar-refractivity contribution in [2.75, 3.05) is 19.0 Å². The zero-order valence-corrected chi connectivity index (χ0v) is 10.2. The van der Waals surface area contributed by atoms with Gasteiger partial charge in [-0.25, -0.2) is 0 Å². The molecular formula is C12H20ClNO. The fraction of sp³-hybridized carbons (Fsp3) is 0.917. The van der Waals surface area contributed by atoms with Gasteiger partial charge in [0.1, 0.15) is 0 Å². The highest BCUT2D eigenvalue weighted by Gasteiger charge is 2.48. The summed E-state index contributed by atoms with van der Waals surface area (Å²) in [7, 11) is 0. The monoisotopic (exact) mass is 229 g/mol. The van der Waals surface area contributed by atoms with E-state index in [2.05, 4.69) is 6.92 Å². The van der Waals surface area contributed by atoms with Crippen LogP contribution in [-0.4, -0.2) is 29.8 Å². The van der Waals surface area contributed by atoms with Gasteiger partial charge in [-0.2, -0.15) is 0 Å². The van der Waals surface area contributed by atoms with Crippen LogP contribution in [0, 0.1) is 17.8 Å². The summed E-state index contributed by atoms with van der Waals surface area (Å²) < 4.78 is 0. The largest absolute Gasteiger partial charge is 0.343 e. The van der Waals surface area contributed by atoms with Crippen molar-refractivity contribution in [3.63, 3.8) is 0 Å². The molecule has 2 rings (SSSR count). The maximum absolute atomic E-state index is 12.1. The molecule has 2 saturated carbocycles. The van der Waals surface area contributed by atoms with E-state index in [1.165, 1.54) is 6.42 Å². The Balaban J connectivity index is 1.81. The highest BCUT2D eigenvalue weighted by Crippen LogP contribution is 2.54. The molecular weight excluding hydrogens is 210 g/mol. The van der Waals surface area contributed by atoms with E-state index in [0.29, 0.717) is 17.7 Å². The minimum absolute atomic E-state index is 0.337. The van der Waals surface area contributed by atoms with Crippen LogP contribution in [0.2, 0.25) is 0 Å². The molecule has 0 N–H and O–H groups in total. The lowest BCUT2D eigenvalue weighted by atomic mass is 10.0. The van der Waals surface area contributed by atoms with E-state index in [0.717, 1.165) is 44.2 Å². The molecule has 1 amide bonds. The Bertz CT molecular complexity index is 234. The van der Waals surface area contributed by atoms with E-state index >= 15 is 0 Å². The van der Waals surface area contributed by atoms with E-state index < -0.39 is 0 Å². The van der Waals surface area contributed by atoms with Crippen LogP contribution in [0.3, 0.4) is 0 Å². The van der Waals surface area contributed by atoms with E-state index in [1.54, 1.807) is 0 Å². The van der Waals surface area contributed by atoms with Gasteiger partial charge in [-0.1, -0.05) is 0 Å². The molecule has 0 aromatic heterocycles. The van der Waals surface area contributed by atoms with Crippen molar-refractivity contribution in [1.29, 1.82) is 0 Å². The molecule has 2 aliphatic rings. The number of fused-ring (bicyclic) bond motifs is 1. The minimum atomic E-state index is 0.337. The summed E-state index contributed by atoms with van der Waals surface area (Å²) in [5.74, 6) is 3.16. The Hall–Kier alpha value is -0.240. The summed E-state index contributed by atoms with van der Waals surface area (Å²) in [5.41, 5.74) is 0. The first kappa shape index (κ1) is 11.3.